The molecule has 1 aliphatic heterocycles. The second kappa shape index (κ2) is 8.14. The molecule has 1 saturated heterocycles. The first kappa shape index (κ1) is 19.0. The van der Waals surface area contributed by atoms with E-state index in [1.165, 1.54) is 6.07 Å². The van der Waals surface area contributed by atoms with Crippen LogP contribution in [0.5, 0.6) is 0 Å². The molecule has 2 aromatic rings. The molecule has 0 spiro atoms. The van der Waals surface area contributed by atoms with E-state index in [9.17, 15) is 9.59 Å². The average Bonchev–Trinajstić information content (AvgIpc) is 3.06. The fraction of sp³-hybridized carbons (Fsp3) is 0.412. The minimum absolute atomic E-state index is 0. The van der Waals surface area contributed by atoms with Gasteiger partial charge in [-0.1, -0.05) is 19.1 Å². The van der Waals surface area contributed by atoms with Crippen molar-refractivity contribution < 1.29 is 4.79 Å². The molecular weight excluding hydrogens is 394 g/mol. The zero-order valence-corrected chi connectivity index (χ0v) is 15.9. The van der Waals surface area contributed by atoms with Gasteiger partial charge < -0.3 is 15.2 Å². The largest absolute Gasteiger partial charge is 0.334 e. The van der Waals surface area contributed by atoms with Crippen molar-refractivity contribution in [3.8, 4) is 0 Å². The highest BCUT2D eigenvalue weighted by molar-refractivity contribution is 9.10. The molecule has 130 valence electrons. The van der Waals surface area contributed by atoms with Crippen molar-refractivity contribution in [2.45, 2.75) is 25.8 Å². The number of aromatic amines is 1. The van der Waals surface area contributed by atoms with Crippen LogP contribution in [0, 0.1) is 0 Å². The van der Waals surface area contributed by atoms with Gasteiger partial charge in [0.25, 0.3) is 5.91 Å². The Kier molecular flexibility index (Phi) is 6.43. The van der Waals surface area contributed by atoms with E-state index in [2.05, 4.69) is 33.2 Å². The SMILES string of the molecule is CCCN(C(=O)c1cc(=O)[nH]c2c(Br)cccc12)C1CCNC1.Cl. The quantitative estimate of drug-likeness (QED) is 0.808. The number of amides is 1. The van der Waals surface area contributed by atoms with Crippen LogP contribution in [-0.2, 0) is 0 Å². The number of hydrogen-bond acceptors (Lipinski definition) is 3. The summed E-state index contributed by atoms with van der Waals surface area (Å²) >= 11 is 3.44. The molecule has 0 bridgehead atoms. The van der Waals surface area contributed by atoms with Crippen LogP contribution in [0.15, 0.2) is 33.5 Å². The molecule has 1 fully saturated rings. The molecule has 1 aliphatic rings. The van der Waals surface area contributed by atoms with Crippen molar-refractivity contribution in [2.24, 2.45) is 0 Å². The van der Waals surface area contributed by atoms with Gasteiger partial charge in [-0.15, -0.1) is 12.4 Å². The van der Waals surface area contributed by atoms with Gasteiger partial charge in [0, 0.05) is 35.1 Å². The first-order valence-electron chi connectivity index (χ1n) is 7.95. The second-order valence-electron chi connectivity index (χ2n) is 5.85. The van der Waals surface area contributed by atoms with Crippen LogP contribution in [0.1, 0.15) is 30.1 Å². The summed E-state index contributed by atoms with van der Waals surface area (Å²) < 4.78 is 0.784. The molecular formula is C17H21BrClN3O2. The minimum Gasteiger partial charge on any atom is -0.334 e. The molecule has 2 heterocycles. The topological polar surface area (TPSA) is 65.2 Å². The van der Waals surface area contributed by atoms with Crippen LogP contribution >= 0.6 is 28.3 Å². The van der Waals surface area contributed by atoms with Crippen LogP contribution in [0.4, 0.5) is 0 Å². The summed E-state index contributed by atoms with van der Waals surface area (Å²) in [5, 5.41) is 4.08. The molecule has 5 nitrogen and oxygen atoms in total. The second-order valence-corrected chi connectivity index (χ2v) is 6.71. The minimum atomic E-state index is -0.256. The Hall–Kier alpha value is -1.37. The number of carbonyl (C=O) groups is 1. The molecule has 0 aliphatic carbocycles. The maximum Gasteiger partial charge on any atom is 0.255 e. The lowest BCUT2D eigenvalue weighted by Crippen LogP contribution is -2.42. The van der Waals surface area contributed by atoms with E-state index < -0.39 is 0 Å². The monoisotopic (exact) mass is 413 g/mol. The van der Waals surface area contributed by atoms with E-state index in [1.54, 1.807) is 0 Å². The summed E-state index contributed by atoms with van der Waals surface area (Å²) in [6.07, 6.45) is 1.85. The molecule has 1 aromatic carbocycles. The molecule has 1 atom stereocenters. The fourth-order valence-electron chi connectivity index (χ4n) is 3.17. The highest BCUT2D eigenvalue weighted by Gasteiger charge is 2.28. The number of nitrogens with one attached hydrogen (secondary N) is 2. The Morgan fingerprint density at radius 2 is 2.21 bits per heavy atom. The van der Waals surface area contributed by atoms with Crippen molar-refractivity contribution in [1.82, 2.24) is 15.2 Å². The van der Waals surface area contributed by atoms with Crippen molar-refractivity contribution in [1.29, 1.82) is 0 Å². The molecule has 2 N–H and O–H groups in total. The summed E-state index contributed by atoms with van der Waals surface area (Å²) in [5.74, 6) is -0.0604. The predicted octanol–water partition coefficient (Wildman–Crippen LogP) is 2.93. The summed E-state index contributed by atoms with van der Waals surface area (Å²) in [6, 6.07) is 7.23. The van der Waals surface area contributed by atoms with Gasteiger partial charge >= 0.3 is 0 Å². The Morgan fingerprint density at radius 1 is 1.42 bits per heavy atom. The third-order valence-corrected chi connectivity index (χ3v) is 4.92. The Labute approximate surface area is 155 Å². The van der Waals surface area contributed by atoms with Gasteiger partial charge in [-0.05, 0) is 41.4 Å². The molecule has 1 aromatic heterocycles. The lowest BCUT2D eigenvalue weighted by atomic mass is 10.1. The molecule has 0 radical (unpaired) electrons. The van der Waals surface area contributed by atoms with Crippen LogP contribution < -0.4 is 10.9 Å². The molecule has 0 saturated carbocycles. The molecule has 3 rings (SSSR count). The van der Waals surface area contributed by atoms with Gasteiger partial charge in [-0.2, -0.15) is 0 Å². The molecule has 1 unspecified atom stereocenters. The van der Waals surface area contributed by atoms with E-state index in [-0.39, 0.29) is 29.9 Å². The summed E-state index contributed by atoms with van der Waals surface area (Å²) in [7, 11) is 0. The van der Waals surface area contributed by atoms with Crippen LogP contribution in [-0.4, -0.2) is 41.5 Å². The number of benzene rings is 1. The Bertz CT molecular complexity index is 787. The number of rotatable bonds is 4. The van der Waals surface area contributed by atoms with Crippen molar-refractivity contribution >= 4 is 45.1 Å². The zero-order chi connectivity index (χ0) is 16.4. The molecule has 7 heteroatoms. The summed E-state index contributed by atoms with van der Waals surface area (Å²) in [5.41, 5.74) is 0.892. The highest BCUT2D eigenvalue weighted by atomic mass is 79.9. The Balaban J connectivity index is 0.00000208. The number of halogens is 2. The summed E-state index contributed by atoms with van der Waals surface area (Å²) in [6.45, 7) is 4.51. The van der Waals surface area contributed by atoms with Crippen molar-refractivity contribution in [3.63, 3.8) is 0 Å². The van der Waals surface area contributed by atoms with E-state index in [0.29, 0.717) is 17.6 Å². The van der Waals surface area contributed by atoms with Gasteiger partial charge in [0.15, 0.2) is 0 Å². The standard InChI is InChI=1S/C17H20BrN3O2.ClH/c1-2-8-21(11-6-7-19-10-11)17(23)13-9-15(22)20-16-12(13)4-3-5-14(16)18;/h3-5,9,11,19H,2,6-8,10H2,1H3,(H,20,22);1H. The number of carbonyl (C=O) groups excluding carboxylic acids is 1. The maximum atomic E-state index is 13.1. The van der Waals surface area contributed by atoms with Gasteiger partial charge in [-0.25, -0.2) is 0 Å². The Morgan fingerprint density at radius 3 is 2.88 bits per heavy atom. The average molecular weight is 415 g/mol. The van der Waals surface area contributed by atoms with E-state index >= 15 is 0 Å². The first-order chi connectivity index (χ1) is 11.1. The normalized spacial score (nSPS) is 16.8. The van der Waals surface area contributed by atoms with E-state index in [4.69, 9.17) is 0 Å². The van der Waals surface area contributed by atoms with Crippen LogP contribution in [0.2, 0.25) is 0 Å². The van der Waals surface area contributed by atoms with Crippen molar-refractivity contribution in [2.75, 3.05) is 19.6 Å². The highest BCUT2D eigenvalue weighted by Crippen LogP contribution is 2.25. The number of hydrogen-bond donors (Lipinski definition) is 2. The first-order valence-corrected chi connectivity index (χ1v) is 8.74. The van der Waals surface area contributed by atoms with E-state index in [0.717, 1.165) is 35.8 Å². The molecule has 1 amide bonds. The van der Waals surface area contributed by atoms with Crippen LogP contribution in [0.25, 0.3) is 10.9 Å². The third kappa shape index (κ3) is 3.66. The predicted molar refractivity (Wildman–Crippen MR) is 102 cm³/mol. The van der Waals surface area contributed by atoms with Gasteiger partial charge in [0.2, 0.25) is 5.56 Å². The lowest BCUT2D eigenvalue weighted by Gasteiger charge is -2.28. The number of fused-ring (bicyclic) bond motifs is 1. The van der Waals surface area contributed by atoms with Gasteiger partial charge in [0.05, 0.1) is 11.1 Å². The smallest absolute Gasteiger partial charge is 0.255 e. The third-order valence-electron chi connectivity index (χ3n) is 4.26. The number of aromatic nitrogens is 1. The van der Waals surface area contributed by atoms with Gasteiger partial charge in [-0.3, -0.25) is 9.59 Å². The van der Waals surface area contributed by atoms with Gasteiger partial charge in [0.1, 0.15) is 0 Å². The number of H-pyrrole nitrogens is 1. The number of pyridine rings is 1. The zero-order valence-electron chi connectivity index (χ0n) is 13.5. The van der Waals surface area contributed by atoms with Crippen molar-refractivity contribution in [3.05, 3.63) is 44.7 Å². The van der Waals surface area contributed by atoms with E-state index in [1.807, 2.05) is 23.1 Å². The lowest BCUT2D eigenvalue weighted by molar-refractivity contribution is 0.0694. The maximum absolute atomic E-state index is 13.1. The fourth-order valence-corrected chi connectivity index (χ4v) is 3.64. The van der Waals surface area contributed by atoms with Crippen LogP contribution in [0.3, 0.4) is 0 Å². The summed E-state index contributed by atoms with van der Waals surface area (Å²) in [4.78, 5) is 29.9. The number of nitrogens with zero attached hydrogens (tertiary/aromatic N) is 1. The molecule has 24 heavy (non-hydrogen) atoms. The number of para-hydroxylation sites is 1.